The number of rotatable bonds is 2. The van der Waals surface area contributed by atoms with E-state index in [-0.39, 0.29) is 12.3 Å². The van der Waals surface area contributed by atoms with Crippen LogP contribution in [0.1, 0.15) is 24.6 Å². The van der Waals surface area contributed by atoms with E-state index < -0.39 is 0 Å². The Kier molecular flexibility index (Phi) is 2.47. The lowest BCUT2D eigenvalue weighted by molar-refractivity contribution is -0.129. The van der Waals surface area contributed by atoms with Gasteiger partial charge in [0.2, 0.25) is 11.8 Å². The lowest BCUT2D eigenvalue weighted by atomic mass is 10.3. The first-order valence-electron chi connectivity index (χ1n) is 4.82. The van der Waals surface area contributed by atoms with Gasteiger partial charge in [-0.3, -0.25) is 4.79 Å². The fourth-order valence-corrected chi connectivity index (χ4v) is 1.63. The Labute approximate surface area is 82.1 Å². The zero-order valence-corrected chi connectivity index (χ0v) is 8.19. The number of nitrogens with zero attached hydrogens (tertiary/aromatic N) is 3. The molecule has 2 rings (SSSR count). The van der Waals surface area contributed by atoms with Gasteiger partial charge in [0, 0.05) is 20.0 Å². The Bertz CT molecular complexity index is 329. The first kappa shape index (κ1) is 9.18. The van der Waals surface area contributed by atoms with Gasteiger partial charge in [-0.25, -0.2) is 0 Å². The molecule has 1 fully saturated rings. The summed E-state index contributed by atoms with van der Waals surface area (Å²) in [7, 11) is 0. The van der Waals surface area contributed by atoms with Gasteiger partial charge in [-0.15, -0.1) is 0 Å². The van der Waals surface area contributed by atoms with E-state index in [2.05, 4.69) is 10.1 Å². The second-order valence-corrected chi connectivity index (χ2v) is 3.49. The summed E-state index contributed by atoms with van der Waals surface area (Å²) >= 11 is 0. The molecule has 1 aliphatic heterocycles. The van der Waals surface area contributed by atoms with Crippen LogP contribution in [0.4, 0.5) is 0 Å². The number of carbonyl (C=O) groups is 1. The zero-order valence-electron chi connectivity index (χ0n) is 8.19. The summed E-state index contributed by atoms with van der Waals surface area (Å²) in [5, 5.41) is 3.69. The fourth-order valence-electron chi connectivity index (χ4n) is 1.63. The normalized spacial score (nSPS) is 16.2. The first-order valence-corrected chi connectivity index (χ1v) is 4.82. The molecule has 0 aromatic carbocycles. The van der Waals surface area contributed by atoms with Crippen molar-refractivity contribution in [1.82, 2.24) is 15.0 Å². The van der Waals surface area contributed by atoms with E-state index in [1.165, 1.54) is 0 Å². The maximum Gasteiger partial charge on any atom is 0.230 e. The third kappa shape index (κ3) is 1.92. The molecule has 1 aromatic heterocycles. The van der Waals surface area contributed by atoms with Gasteiger partial charge in [0.05, 0.1) is 6.42 Å². The van der Waals surface area contributed by atoms with Crippen molar-refractivity contribution in [3.63, 3.8) is 0 Å². The Morgan fingerprint density at radius 3 is 2.79 bits per heavy atom. The Balaban J connectivity index is 1.93. The molecule has 1 saturated heterocycles. The number of amides is 1. The molecule has 0 unspecified atom stereocenters. The third-order valence-corrected chi connectivity index (χ3v) is 2.34. The Morgan fingerprint density at radius 2 is 2.21 bits per heavy atom. The molecule has 1 aliphatic rings. The lowest BCUT2D eigenvalue weighted by Crippen LogP contribution is -2.29. The molecule has 5 heteroatoms. The number of likely N-dealkylation sites (tertiary alicyclic amines) is 1. The topological polar surface area (TPSA) is 59.2 Å². The van der Waals surface area contributed by atoms with Crippen molar-refractivity contribution in [3.05, 3.63) is 11.7 Å². The second kappa shape index (κ2) is 3.77. The number of hydrogen-bond acceptors (Lipinski definition) is 4. The molecule has 0 saturated carbocycles. The van der Waals surface area contributed by atoms with Crippen molar-refractivity contribution >= 4 is 5.91 Å². The van der Waals surface area contributed by atoms with E-state index in [1.54, 1.807) is 6.92 Å². The number of aryl methyl sites for hydroxylation is 1. The van der Waals surface area contributed by atoms with Crippen LogP contribution in [0.25, 0.3) is 0 Å². The molecular weight excluding hydrogens is 182 g/mol. The molecule has 1 aromatic rings. The molecule has 76 valence electrons. The van der Waals surface area contributed by atoms with Crippen LogP contribution in [-0.2, 0) is 11.2 Å². The van der Waals surface area contributed by atoms with Crippen LogP contribution in [0.15, 0.2) is 4.52 Å². The average molecular weight is 195 g/mol. The van der Waals surface area contributed by atoms with Gasteiger partial charge in [0.15, 0.2) is 5.82 Å². The van der Waals surface area contributed by atoms with Crippen LogP contribution in [0.5, 0.6) is 0 Å². The molecule has 0 spiro atoms. The number of hydrogen-bond donors (Lipinski definition) is 0. The molecule has 0 aliphatic carbocycles. The summed E-state index contributed by atoms with van der Waals surface area (Å²) in [6.07, 6.45) is 2.48. The maximum atomic E-state index is 11.6. The van der Waals surface area contributed by atoms with E-state index in [0.717, 1.165) is 25.9 Å². The third-order valence-electron chi connectivity index (χ3n) is 2.34. The van der Waals surface area contributed by atoms with Crippen molar-refractivity contribution in [2.24, 2.45) is 0 Å². The smallest absolute Gasteiger partial charge is 0.230 e. The Morgan fingerprint density at radius 1 is 1.50 bits per heavy atom. The van der Waals surface area contributed by atoms with Crippen LogP contribution in [0.3, 0.4) is 0 Å². The van der Waals surface area contributed by atoms with Crippen LogP contribution in [0.2, 0.25) is 0 Å². The minimum Gasteiger partial charge on any atom is -0.342 e. The van der Waals surface area contributed by atoms with Gasteiger partial charge >= 0.3 is 0 Å². The number of aromatic nitrogens is 2. The largest absolute Gasteiger partial charge is 0.342 e. The van der Waals surface area contributed by atoms with E-state index in [0.29, 0.717) is 11.7 Å². The second-order valence-electron chi connectivity index (χ2n) is 3.49. The highest BCUT2D eigenvalue weighted by Crippen LogP contribution is 2.09. The van der Waals surface area contributed by atoms with Crippen LogP contribution in [0, 0.1) is 6.92 Å². The van der Waals surface area contributed by atoms with Crippen LogP contribution < -0.4 is 0 Å². The Hall–Kier alpha value is -1.39. The number of carbonyl (C=O) groups excluding carboxylic acids is 1. The molecule has 14 heavy (non-hydrogen) atoms. The highest BCUT2D eigenvalue weighted by atomic mass is 16.5. The van der Waals surface area contributed by atoms with Gasteiger partial charge in [-0.05, 0) is 12.8 Å². The summed E-state index contributed by atoms with van der Waals surface area (Å²) in [5.74, 6) is 1.09. The van der Waals surface area contributed by atoms with E-state index >= 15 is 0 Å². The van der Waals surface area contributed by atoms with Gasteiger partial charge in [-0.1, -0.05) is 5.16 Å². The van der Waals surface area contributed by atoms with Crippen molar-refractivity contribution in [1.29, 1.82) is 0 Å². The molecule has 2 heterocycles. The minimum atomic E-state index is 0.100. The van der Waals surface area contributed by atoms with Gasteiger partial charge in [0.1, 0.15) is 0 Å². The van der Waals surface area contributed by atoms with Crippen LogP contribution >= 0.6 is 0 Å². The van der Waals surface area contributed by atoms with Crippen molar-refractivity contribution in [2.75, 3.05) is 13.1 Å². The van der Waals surface area contributed by atoms with E-state index in [9.17, 15) is 4.79 Å². The summed E-state index contributed by atoms with van der Waals surface area (Å²) in [6, 6.07) is 0. The van der Waals surface area contributed by atoms with Crippen molar-refractivity contribution in [3.8, 4) is 0 Å². The highest BCUT2D eigenvalue weighted by Gasteiger charge is 2.19. The summed E-state index contributed by atoms with van der Waals surface area (Å²) < 4.78 is 4.80. The lowest BCUT2D eigenvalue weighted by Gasteiger charge is -2.13. The zero-order chi connectivity index (χ0) is 9.97. The predicted octanol–water partition coefficient (Wildman–Crippen LogP) is 0.543. The van der Waals surface area contributed by atoms with Gasteiger partial charge < -0.3 is 9.42 Å². The van der Waals surface area contributed by atoms with E-state index in [1.807, 2.05) is 4.90 Å². The minimum absolute atomic E-state index is 0.100. The molecule has 5 nitrogen and oxygen atoms in total. The monoisotopic (exact) mass is 195 g/mol. The van der Waals surface area contributed by atoms with Crippen LogP contribution in [-0.4, -0.2) is 34.0 Å². The molecule has 0 atom stereocenters. The average Bonchev–Trinajstić information content (AvgIpc) is 2.75. The maximum absolute atomic E-state index is 11.6. The molecule has 0 bridgehead atoms. The highest BCUT2D eigenvalue weighted by molar-refractivity contribution is 5.78. The standard InChI is InChI=1S/C9H13N3O2/c1-7-10-8(11-14-7)6-9(13)12-4-2-3-5-12/h2-6H2,1H3. The van der Waals surface area contributed by atoms with Gasteiger partial charge in [-0.2, -0.15) is 4.98 Å². The summed E-state index contributed by atoms with van der Waals surface area (Å²) in [6.45, 7) is 3.46. The van der Waals surface area contributed by atoms with Gasteiger partial charge in [0.25, 0.3) is 0 Å². The first-order chi connectivity index (χ1) is 6.75. The SMILES string of the molecule is Cc1nc(CC(=O)N2CCCC2)no1. The molecular formula is C9H13N3O2. The fraction of sp³-hybridized carbons (Fsp3) is 0.667. The predicted molar refractivity (Wildman–Crippen MR) is 48.6 cm³/mol. The quantitative estimate of drug-likeness (QED) is 0.691. The summed E-state index contributed by atoms with van der Waals surface area (Å²) in [4.78, 5) is 17.5. The van der Waals surface area contributed by atoms with Crippen molar-refractivity contribution < 1.29 is 9.32 Å². The van der Waals surface area contributed by atoms with E-state index in [4.69, 9.17) is 4.52 Å². The summed E-state index contributed by atoms with van der Waals surface area (Å²) in [5.41, 5.74) is 0. The molecule has 1 amide bonds. The van der Waals surface area contributed by atoms with Crippen molar-refractivity contribution in [2.45, 2.75) is 26.2 Å². The molecule has 0 N–H and O–H groups in total. The molecule has 0 radical (unpaired) electrons.